The lowest BCUT2D eigenvalue weighted by atomic mass is 9.83. The molecular weight excluding hydrogens is 425 g/mol. The van der Waals surface area contributed by atoms with Gasteiger partial charge in [-0.1, -0.05) is 36.5 Å². The third-order valence-electron chi connectivity index (χ3n) is 5.82. The van der Waals surface area contributed by atoms with Crippen molar-refractivity contribution in [1.29, 1.82) is 0 Å². The van der Waals surface area contributed by atoms with E-state index in [0.717, 1.165) is 25.3 Å². The molecule has 0 amide bonds. The second-order valence-electron chi connectivity index (χ2n) is 8.00. The fourth-order valence-electron chi connectivity index (χ4n) is 4.13. The van der Waals surface area contributed by atoms with Gasteiger partial charge >= 0.3 is 5.76 Å². The Labute approximate surface area is 180 Å². The number of halogens is 2. The molecule has 31 heavy (non-hydrogen) atoms. The molecule has 5 rings (SSSR count). The Morgan fingerprint density at radius 2 is 2.06 bits per heavy atom. The number of fused-ring (bicyclic) bond motifs is 1. The summed E-state index contributed by atoms with van der Waals surface area (Å²) in [6.45, 7) is 3.01. The summed E-state index contributed by atoms with van der Waals surface area (Å²) >= 11 is 5.93. The van der Waals surface area contributed by atoms with Gasteiger partial charge < -0.3 is 4.57 Å². The number of imidazole rings is 1. The summed E-state index contributed by atoms with van der Waals surface area (Å²) in [5, 5.41) is 3.38. The first-order chi connectivity index (χ1) is 15.0. The monoisotopic (exact) mass is 443 g/mol. The summed E-state index contributed by atoms with van der Waals surface area (Å²) in [6.07, 6.45) is 7.75. The third kappa shape index (κ3) is 3.71. The summed E-state index contributed by atoms with van der Waals surface area (Å²) < 4.78 is 21.4. The van der Waals surface area contributed by atoms with E-state index < -0.39 is 11.6 Å². The molecule has 4 aromatic heterocycles. The average molecular weight is 444 g/mol. The van der Waals surface area contributed by atoms with Crippen LogP contribution in [-0.4, -0.2) is 34.6 Å². The molecule has 0 aromatic carbocycles. The lowest BCUT2D eigenvalue weighted by Gasteiger charge is -2.26. The minimum absolute atomic E-state index is 0.0320. The summed E-state index contributed by atoms with van der Waals surface area (Å²) in [5.74, 6) is -0.0887. The van der Waals surface area contributed by atoms with E-state index in [0.29, 0.717) is 22.8 Å². The Bertz CT molecular complexity index is 1310. The second-order valence-corrected chi connectivity index (χ2v) is 8.36. The summed E-state index contributed by atoms with van der Waals surface area (Å²) in [6, 6.07) is 1.50. The van der Waals surface area contributed by atoms with E-state index in [1.54, 1.807) is 6.33 Å². The van der Waals surface area contributed by atoms with Gasteiger partial charge in [-0.15, -0.1) is 0 Å². The smallest absolute Gasteiger partial charge is 0.327 e. The van der Waals surface area contributed by atoms with Crippen LogP contribution in [-0.2, 0) is 6.54 Å². The van der Waals surface area contributed by atoms with E-state index in [1.807, 2.05) is 4.57 Å². The van der Waals surface area contributed by atoms with Crippen molar-refractivity contribution in [2.24, 2.45) is 11.8 Å². The number of aromatic nitrogens is 7. The van der Waals surface area contributed by atoms with Crippen molar-refractivity contribution < 1.29 is 8.91 Å². The molecule has 1 aliphatic carbocycles. The molecule has 0 bridgehead atoms. The van der Waals surface area contributed by atoms with Crippen molar-refractivity contribution in [2.45, 2.75) is 39.2 Å². The van der Waals surface area contributed by atoms with E-state index in [9.17, 15) is 9.18 Å². The minimum Gasteiger partial charge on any atom is -0.327 e. The Morgan fingerprint density at radius 1 is 1.26 bits per heavy atom. The van der Waals surface area contributed by atoms with Crippen molar-refractivity contribution in [2.75, 3.05) is 0 Å². The molecule has 9 nitrogen and oxygen atoms in total. The van der Waals surface area contributed by atoms with Crippen molar-refractivity contribution in [1.82, 2.24) is 34.6 Å². The lowest BCUT2D eigenvalue weighted by molar-refractivity contribution is 0.266. The zero-order valence-corrected chi connectivity index (χ0v) is 17.4. The van der Waals surface area contributed by atoms with Crippen LogP contribution in [0.25, 0.3) is 34.1 Å². The predicted molar refractivity (Wildman–Crippen MR) is 111 cm³/mol. The normalized spacial score (nSPS) is 19.2. The minimum atomic E-state index is -0.740. The van der Waals surface area contributed by atoms with E-state index in [2.05, 4.69) is 41.5 Å². The van der Waals surface area contributed by atoms with Crippen LogP contribution in [0, 0.1) is 17.7 Å². The maximum absolute atomic E-state index is 14.9. The number of pyridine rings is 1. The molecule has 160 valence electrons. The van der Waals surface area contributed by atoms with Crippen LogP contribution in [0.1, 0.15) is 32.6 Å². The fourth-order valence-corrected chi connectivity index (χ4v) is 4.29. The van der Waals surface area contributed by atoms with E-state index in [4.69, 9.17) is 11.6 Å². The van der Waals surface area contributed by atoms with Gasteiger partial charge in [0.25, 0.3) is 0 Å². The standard InChI is InChI=1S/C20H19ClFN7O2/c1-10-2-4-11(5-3-10)8-29-9-24-17-15(29)14(12-6-7-23-16(21)13(12)22)25-18(26-17)19-27-20(30)31-28-19/h6-7,9-11H,2-5,8H2,1H3,(H,27,28,30). The molecule has 11 heteroatoms. The van der Waals surface area contributed by atoms with Crippen molar-refractivity contribution in [3.05, 3.63) is 40.1 Å². The molecular formula is C20H19ClFN7O2. The molecule has 1 saturated carbocycles. The molecule has 0 aliphatic heterocycles. The number of aromatic amines is 1. The van der Waals surface area contributed by atoms with Gasteiger partial charge in [0.15, 0.2) is 16.6 Å². The van der Waals surface area contributed by atoms with Crippen LogP contribution < -0.4 is 5.76 Å². The van der Waals surface area contributed by atoms with Gasteiger partial charge in [-0.3, -0.25) is 9.51 Å². The van der Waals surface area contributed by atoms with Gasteiger partial charge in [-0.05, 0) is 30.7 Å². The van der Waals surface area contributed by atoms with Crippen LogP contribution in [0.3, 0.4) is 0 Å². The highest BCUT2D eigenvalue weighted by Gasteiger charge is 2.24. The largest absolute Gasteiger partial charge is 0.439 e. The van der Waals surface area contributed by atoms with Gasteiger partial charge in [0.2, 0.25) is 11.6 Å². The SMILES string of the molecule is CC1CCC(Cn2cnc3nc(-c4noc(=O)[nH]4)nc(-c4ccnc(Cl)c4F)c32)CC1. The number of rotatable bonds is 4. The van der Waals surface area contributed by atoms with E-state index >= 15 is 0 Å². The number of nitrogens with one attached hydrogen (secondary N) is 1. The Balaban J connectivity index is 1.67. The van der Waals surface area contributed by atoms with Crippen LogP contribution in [0.5, 0.6) is 0 Å². The topological polar surface area (TPSA) is 115 Å². The van der Waals surface area contributed by atoms with Crippen molar-refractivity contribution >= 4 is 22.8 Å². The fraction of sp³-hybridized carbons (Fsp3) is 0.400. The first kappa shape index (κ1) is 19.8. The number of hydrogen-bond donors (Lipinski definition) is 1. The molecule has 1 N–H and O–H groups in total. The maximum atomic E-state index is 14.9. The predicted octanol–water partition coefficient (Wildman–Crippen LogP) is 3.85. The maximum Gasteiger partial charge on any atom is 0.439 e. The molecule has 4 heterocycles. The third-order valence-corrected chi connectivity index (χ3v) is 6.08. The van der Waals surface area contributed by atoms with Crippen LogP contribution in [0.2, 0.25) is 5.15 Å². The molecule has 0 saturated heterocycles. The Kier molecular flexibility index (Phi) is 5.01. The van der Waals surface area contributed by atoms with E-state index in [1.165, 1.54) is 25.1 Å². The van der Waals surface area contributed by atoms with E-state index in [-0.39, 0.29) is 22.4 Å². The summed E-state index contributed by atoms with van der Waals surface area (Å²) in [7, 11) is 0. The summed E-state index contributed by atoms with van der Waals surface area (Å²) in [4.78, 5) is 30.9. The highest BCUT2D eigenvalue weighted by Crippen LogP contribution is 2.34. The molecule has 1 fully saturated rings. The van der Waals surface area contributed by atoms with Crippen LogP contribution in [0.4, 0.5) is 4.39 Å². The average Bonchev–Trinajstić information content (AvgIpc) is 3.37. The zero-order valence-electron chi connectivity index (χ0n) is 16.7. The molecule has 0 unspecified atom stereocenters. The highest BCUT2D eigenvalue weighted by atomic mass is 35.5. The first-order valence-electron chi connectivity index (χ1n) is 10.1. The number of hydrogen-bond acceptors (Lipinski definition) is 7. The number of nitrogens with zero attached hydrogens (tertiary/aromatic N) is 6. The molecule has 0 radical (unpaired) electrons. The van der Waals surface area contributed by atoms with Gasteiger partial charge in [-0.25, -0.2) is 29.1 Å². The van der Waals surface area contributed by atoms with Gasteiger partial charge in [-0.2, -0.15) is 0 Å². The molecule has 0 atom stereocenters. The zero-order chi connectivity index (χ0) is 21.5. The van der Waals surface area contributed by atoms with Gasteiger partial charge in [0.05, 0.1) is 6.33 Å². The lowest BCUT2D eigenvalue weighted by Crippen LogP contribution is -2.17. The van der Waals surface area contributed by atoms with Crippen LogP contribution in [0.15, 0.2) is 27.9 Å². The van der Waals surface area contributed by atoms with Crippen molar-refractivity contribution in [3.63, 3.8) is 0 Å². The van der Waals surface area contributed by atoms with Crippen molar-refractivity contribution in [3.8, 4) is 22.9 Å². The summed E-state index contributed by atoms with van der Waals surface area (Å²) in [5.41, 5.74) is 1.42. The Hall–Kier alpha value is -3.14. The molecule has 1 aliphatic rings. The van der Waals surface area contributed by atoms with Crippen LogP contribution >= 0.6 is 11.6 Å². The highest BCUT2D eigenvalue weighted by molar-refractivity contribution is 6.29. The first-order valence-corrected chi connectivity index (χ1v) is 10.5. The second kappa shape index (κ2) is 7.84. The number of H-pyrrole nitrogens is 1. The quantitative estimate of drug-likeness (QED) is 0.476. The van der Waals surface area contributed by atoms with Gasteiger partial charge in [0.1, 0.15) is 11.2 Å². The molecule has 0 spiro atoms. The molecule has 4 aromatic rings. The Morgan fingerprint density at radius 3 is 2.81 bits per heavy atom. The van der Waals surface area contributed by atoms with Gasteiger partial charge in [0, 0.05) is 18.3 Å².